The summed E-state index contributed by atoms with van der Waals surface area (Å²) >= 11 is 1.14. The van der Waals surface area contributed by atoms with Gasteiger partial charge < -0.3 is 10.1 Å². The highest BCUT2D eigenvalue weighted by Gasteiger charge is 2.13. The molecule has 0 atom stereocenters. The van der Waals surface area contributed by atoms with Crippen LogP contribution in [0.2, 0.25) is 0 Å². The Kier molecular flexibility index (Phi) is 4.02. The van der Waals surface area contributed by atoms with Gasteiger partial charge in [-0.2, -0.15) is 8.75 Å². The van der Waals surface area contributed by atoms with Crippen molar-refractivity contribution in [3.63, 3.8) is 0 Å². The second-order valence-corrected chi connectivity index (χ2v) is 5.33. The van der Waals surface area contributed by atoms with E-state index in [9.17, 15) is 4.79 Å². The molecule has 112 valence electrons. The van der Waals surface area contributed by atoms with Gasteiger partial charge in [0.25, 0.3) is 5.91 Å². The zero-order chi connectivity index (χ0) is 15.5. The molecule has 3 rings (SSSR count). The third-order valence-corrected chi connectivity index (χ3v) is 3.82. The zero-order valence-corrected chi connectivity index (χ0v) is 13.1. The van der Waals surface area contributed by atoms with Gasteiger partial charge in [-0.25, -0.2) is 0 Å². The van der Waals surface area contributed by atoms with E-state index in [4.69, 9.17) is 4.74 Å². The van der Waals surface area contributed by atoms with Gasteiger partial charge in [-0.3, -0.25) is 4.79 Å². The van der Waals surface area contributed by atoms with Crippen LogP contribution in [0.4, 0.5) is 5.69 Å². The van der Waals surface area contributed by atoms with E-state index >= 15 is 0 Å². The van der Waals surface area contributed by atoms with Crippen molar-refractivity contribution in [2.45, 2.75) is 13.8 Å². The average Bonchev–Trinajstić information content (AvgIpc) is 2.99. The Morgan fingerprint density at radius 3 is 2.95 bits per heavy atom. The number of amides is 1. The van der Waals surface area contributed by atoms with Crippen molar-refractivity contribution in [1.82, 2.24) is 8.75 Å². The highest BCUT2D eigenvalue weighted by atomic mass is 32.1. The minimum Gasteiger partial charge on any atom is -0.494 e. The molecule has 1 amide bonds. The minimum absolute atomic E-state index is 0.190. The lowest BCUT2D eigenvalue weighted by Crippen LogP contribution is -2.13. The van der Waals surface area contributed by atoms with Crippen LogP contribution in [0.15, 0.2) is 36.4 Å². The molecule has 1 N–H and O–H groups in total. The molecule has 6 heteroatoms. The smallest absolute Gasteiger partial charge is 0.255 e. The Morgan fingerprint density at radius 1 is 1.27 bits per heavy atom. The van der Waals surface area contributed by atoms with Crippen LogP contribution in [-0.4, -0.2) is 21.3 Å². The van der Waals surface area contributed by atoms with Crippen LogP contribution in [0.1, 0.15) is 22.8 Å². The molecule has 0 unspecified atom stereocenters. The summed E-state index contributed by atoms with van der Waals surface area (Å²) in [7, 11) is 0. The van der Waals surface area contributed by atoms with E-state index < -0.39 is 0 Å². The van der Waals surface area contributed by atoms with Crippen molar-refractivity contribution < 1.29 is 9.53 Å². The number of carbonyl (C=O) groups excluding carboxylic acids is 1. The van der Waals surface area contributed by atoms with Gasteiger partial charge >= 0.3 is 0 Å². The van der Waals surface area contributed by atoms with Crippen molar-refractivity contribution in [3.05, 3.63) is 47.5 Å². The van der Waals surface area contributed by atoms with Crippen molar-refractivity contribution in [3.8, 4) is 5.75 Å². The number of aryl methyl sites for hydroxylation is 1. The summed E-state index contributed by atoms with van der Waals surface area (Å²) < 4.78 is 13.9. The first-order valence-corrected chi connectivity index (χ1v) is 7.68. The molecule has 0 saturated carbocycles. The standard InChI is InChI=1S/C16H15N3O2S/c1-3-21-12-6-4-5-11(9-12)16(20)17-14-10(2)7-8-13-15(14)19-22-18-13/h4-9H,3H2,1-2H3,(H,17,20). The third kappa shape index (κ3) is 2.78. The maximum Gasteiger partial charge on any atom is 0.255 e. The van der Waals surface area contributed by atoms with E-state index in [0.717, 1.165) is 28.3 Å². The highest BCUT2D eigenvalue weighted by molar-refractivity contribution is 7.00. The van der Waals surface area contributed by atoms with Crippen molar-refractivity contribution in [2.75, 3.05) is 11.9 Å². The van der Waals surface area contributed by atoms with Crippen LogP contribution in [0.5, 0.6) is 5.75 Å². The van der Waals surface area contributed by atoms with Crippen LogP contribution in [0.25, 0.3) is 11.0 Å². The summed E-state index contributed by atoms with van der Waals surface area (Å²) in [5.74, 6) is 0.491. The molecule has 0 radical (unpaired) electrons. The Bertz CT molecular complexity index is 829. The van der Waals surface area contributed by atoms with Gasteiger partial charge in [-0.05, 0) is 43.7 Å². The van der Waals surface area contributed by atoms with Crippen LogP contribution in [0, 0.1) is 6.92 Å². The fourth-order valence-electron chi connectivity index (χ4n) is 2.19. The Hall–Kier alpha value is -2.47. The van der Waals surface area contributed by atoms with Gasteiger partial charge in [0.2, 0.25) is 0 Å². The molecule has 1 aromatic heterocycles. The number of fused-ring (bicyclic) bond motifs is 1. The molecule has 22 heavy (non-hydrogen) atoms. The Labute approximate surface area is 132 Å². The minimum atomic E-state index is -0.190. The number of aromatic nitrogens is 2. The molecule has 0 aliphatic heterocycles. The fourth-order valence-corrected chi connectivity index (χ4v) is 2.73. The van der Waals surface area contributed by atoms with Crippen molar-refractivity contribution >= 4 is 34.4 Å². The second-order valence-electron chi connectivity index (χ2n) is 4.80. The van der Waals surface area contributed by atoms with Gasteiger partial charge in [0.15, 0.2) is 0 Å². The van der Waals surface area contributed by atoms with Gasteiger partial charge in [0.1, 0.15) is 16.8 Å². The quantitative estimate of drug-likeness (QED) is 0.798. The van der Waals surface area contributed by atoms with Crippen LogP contribution in [0.3, 0.4) is 0 Å². The first kappa shape index (κ1) is 14.5. The zero-order valence-electron chi connectivity index (χ0n) is 12.3. The number of benzene rings is 2. The molecule has 0 aliphatic carbocycles. The second kappa shape index (κ2) is 6.11. The maximum atomic E-state index is 12.5. The lowest BCUT2D eigenvalue weighted by Gasteiger charge is -2.10. The van der Waals surface area contributed by atoms with Crippen molar-refractivity contribution in [2.24, 2.45) is 0 Å². The predicted octanol–water partition coefficient (Wildman–Crippen LogP) is 3.65. The SMILES string of the molecule is CCOc1cccc(C(=O)Nc2c(C)ccc3nsnc23)c1. The number of rotatable bonds is 4. The predicted molar refractivity (Wildman–Crippen MR) is 87.7 cm³/mol. The summed E-state index contributed by atoms with van der Waals surface area (Å²) in [6.45, 7) is 4.41. The molecule has 2 aromatic carbocycles. The van der Waals surface area contributed by atoms with Crippen LogP contribution < -0.4 is 10.1 Å². The highest BCUT2D eigenvalue weighted by Crippen LogP contribution is 2.26. The fraction of sp³-hybridized carbons (Fsp3) is 0.188. The Balaban J connectivity index is 1.91. The molecule has 0 spiro atoms. The summed E-state index contributed by atoms with van der Waals surface area (Å²) in [5, 5.41) is 2.93. The molecule has 5 nitrogen and oxygen atoms in total. The van der Waals surface area contributed by atoms with E-state index in [-0.39, 0.29) is 5.91 Å². The molecule has 0 aliphatic rings. The van der Waals surface area contributed by atoms with Gasteiger partial charge in [-0.15, -0.1) is 0 Å². The van der Waals surface area contributed by atoms with Crippen LogP contribution in [-0.2, 0) is 0 Å². The van der Waals surface area contributed by atoms with E-state index in [0.29, 0.717) is 23.6 Å². The molecule has 3 aromatic rings. The monoisotopic (exact) mass is 313 g/mol. The first-order valence-electron chi connectivity index (χ1n) is 6.95. The third-order valence-electron chi connectivity index (χ3n) is 3.28. The van der Waals surface area contributed by atoms with Crippen molar-refractivity contribution in [1.29, 1.82) is 0 Å². The molecular weight excluding hydrogens is 298 g/mol. The number of ether oxygens (including phenoxy) is 1. The van der Waals surface area contributed by atoms with E-state index in [1.54, 1.807) is 18.2 Å². The van der Waals surface area contributed by atoms with Gasteiger partial charge in [0.05, 0.1) is 24.0 Å². The number of anilines is 1. The number of hydrogen-bond donors (Lipinski definition) is 1. The molecule has 0 saturated heterocycles. The lowest BCUT2D eigenvalue weighted by molar-refractivity contribution is 0.102. The number of nitrogens with one attached hydrogen (secondary N) is 1. The Morgan fingerprint density at radius 2 is 2.14 bits per heavy atom. The average molecular weight is 313 g/mol. The summed E-state index contributed by atoms with van der Waals surface area (Å²) in [6.07, 6.45) is 0. The first-order chi connectivity index (χ1) is 10.7. The summed E-state index contributed by atoms with van der Waals surface area (Å²) in [4.78, 5) is 12.5. The van der Waals surface area contributed by atoms with E-state index in [1.165, 1.54) is 0 Å². The lowest BCUT2D eigenvalue weighted by atomic mass is 10.1. The largest absolute Gasteiger partial charge is 0.494 e. The molecule has 1 heterocycles. The molecule has 0 fully saturated rings. The van der Waals surface area contributed by atoms with Gasteiger partial charge in [0, 0.05) is 5.56 Å². The van der Waals surface area contributed by atoms with E-state index in [2.05, 4.69) is 14.1 Å². The normalized spacial score (nSPS) is 10.6. The van der Waals surface area contributed by atoms with E-state index in [1.807, 2.05) is 32.0 Å². The summed E-state index contributed by atoms with van der Waals surface area (Å²) in [5.41, 5.74) is 3.71. The van der Waals surface area contributed by atoms with Gasteiger partial charge in [-0.1, -0.05) is 12.1 Å². The number of hydrogen-bond acceptors (Lipinski definition) is 5. The topological polar surface area (TPSA) is 64.1 Å². The molecule has 0 bridgehead atoms. The number of carbonyl (C=O) groups is 1. The molecular formula is C16H15N3O2S. The number of nitrogens with zero attached hydrogens (tertiary/aromatic N) is 2. The van der Waals surface area contributed by atoms with Crippen LogP contribution >= 0.6 is 11.7 Å². The summed E-state index contributed by atoms with van der Waals surface area (Å²) in [6, 6.07) is 10.9. The maximum absolute atomic E-state index is 12.5.